The topological polar surface area (TPSA) is 44.9 Å². The monoisotopic (exact) mass is 775 g/mol. The molecule has 3 heterocycles. The third-order valence-electron chi connectivity index (χ3n) is 8.18. The van der Waals surface area contributed by atoms with Gasteiger partial charge < -0.3 is 13.9 Å². The molecular weight excluding hydrogens is 748 g/mol. The fourth-order valence-corrected chi connectivity index (χ4v) is 6.19. The van der Waals surface area contributed by atoms with Crippen molar-refractivity contribution in [3.63, 3.8) is 0 Å². The summed E-state index contributed by atoms with van der Waals surface area (Å²) in [5.74, 6) is 2.80. The van der Waals surface area contributed by atoms with Crippen molar-refractivity contribution in [3.8, 4) is 45.6 Å². The molecule has 5 nitrogen and oxygen atoms in total. The molecular formula is C40H28N4OPt. The molecule has 0 atom stereocenters. The summed E-state index contributed by atoms with van der Waals surface area (Å²) in [6.45, 7) is 4.29. The molecule has 0 amide bonds. The molecule has 0 aliphatic rings. The van der Waals surface area contributed by atoms with Gasteiger partial charge in [-0.2, -0.15) is 6.07 Å². The molecule has 0 aliphatic heterocycles. The summed E-state index contributed by atoms with van der Waals surface area (Å²) in [5, 5.41) is 2.23. The maximum atomic E-state index is 6.43. The first-order valence-electron chi connectivity index (χ1n) is 14.9. The third kappa shape index (κ3) is 5.13. The van der Waals surface area contributed by atoms with E-state index in [4.69, 9.17) is 9.72 Å². The molecule has 6 heteroatoms. The molecule has 0 bridgehead atoms. The number of fused-ring (bicyclic) bond motifs is 3. The second-order valence-electron chi connectivity index (χ2n) is 11.1. The summed E-state index contributed by atoms with van der Waals surface area (Å²) in [5.41, 5.74) is 8.46. The number of para-hydroxylation sites is 2. The smallest absolute Gasteiger partial charge is 0.503 e. The van der Waals surface area contributed by atoms with Crippen LogP contribution in [-0.2, 0) is 21.1 Å². The zero-order valence-electron chi connectivity index (χ0n) is 25.2. The van der Waals surface area contributed by atoms with Crippen molar-refractivity contribution < 1.29 is 25.8 Å². The van der Waals surface area contributed by atoms with Gasteiger partial charge in [-0.15, -0.1) is 41.3 Å². The maximum absolute atomic E-state index is 6.43. The van der Waals surface area contributed by atoms with Gasteiger partial charge in [-0.05, 0) is 60.7 Å². The van der Waals surface area contributed by atoms with E-state index in [2.05, 4.69) is 94.7 Å². The van der Waals surface area contributed by atoms with Crippen molar-refractivity contribution in [2.45, 2.75) is 13.8 Å². The van der Waals surface area contributed by atoms with Crippen LogP contribution in [0.5, 0.6) is 11.5 Å². The fraction of sp³-hybridized carbons (Fsp3) is 0.0500. The summed E-state index contributed by atoms with van der Waals surface area (Å²) in [7, 11) is 0. The first kappa shape index (κ1) is 29.5. The second-order valence-corrected chi connectivity index (χ2v) is 11.1. The van der Waals surface area contributed by atoms with Crippen molar-refractivity contribution in [2.24, 2.45) is 0 Å². The predicted octanol–water partition coefficient (Wildman–Crippen LogP) is 9.71. The van der Waals surface area contributed by atoms with E-state index in [1.807, 2.05) is 79.1 Å². The molecule has 46 heavy (non-hydrogen) atoms. The zero-order valence-corrected chi connectivity index (χ0v) is 27.5. The number of nitrogens with zero attached hydrogens (tertiary/aromatic N) is 4. The van der Waals surface area contributed by atoms with Crippen LogP contribution in [0.25, 0.3) is 56.0 Å². The van der Waals surface area contributed by atoms with Gasteiger partial charge >= 0.3 is 21.1 Å². The standard InChI is InChI=1S/C40H28N4O.Pt/c1-27-12-10-13-28(2)39(27)37-26-42-40(43(37)30-15-4-3-5-16-30)29-14-11-17-31(24-29)45-32-21-22-34-33-18-6-7-19-35(33)44(36(34)25-32)38-20-8-9-23-41-38;/h3-23,26H,1-2H3;/q-2;+2. The van der Waals surface area contributed by atoms with E-state index in [-0.39, 0.29) is 21.1 Å². The molecule has 0 saturated carbocycles. The first-order valence-corrected chi connectivity index (χ1v) is 14.9. The van der Waals surface area contributed by atoms with E-state index >= 15 is 0 Å². The number of ether oxygens (including phenoxy) is 1. The van der Waals surface area contributed by atoms with Crippen LogP contribution in [-0.4, -0.2) is 19.1 Å². The van der Waals surface area contributed by atoms with Gasteiger partial charge in [-0.1, -0.05) is 72.2 Å². The van der Waals surface area contributed by atoms with Crippen LogP contribution in [0.2, 0.25) is 0 Å². The zero-order chi connectivity index (χ0) is 30.3. The van der Waals surface area contributed by atoms with Gasteiger partial charge in [0.2, 0.25) is 0 Å². The maximum Gasteiger partial charge on any atom is 2.00 e. The number of benzene rings is 5. The molecule has 8 aromatic rings. The Morgan fingerprint density at radius 3 is 2.15 bits per heavy atom. The van der Waals surface area contributed by atoms with Gasteiger partial charge in [-0.3, -0.25) is 4.98 Å². The summed E-state index contributed by atoms with van der Waals surface area (Å²) in [4.78, 5) is 9.57. The van der Waals surface area contributed by atoms with Crippen molar-refractivity contribution in [1.82, 2.24) is 19.1 Å². The molecule has 0 saturated heterocycles. The fourth-order valence-electron chi connectivity index (χ4n) is 6.19. The molecule has 0 unspecified atom stereocenters. The van der Waals surface area contributed by atoms with Crippen LogP contribution in [0.3, 0.4) is 0 Å². The average molecular weight is 776 g/mol. The van der Waals surface area contributed by atoms with E-state index in [1.54, 1.807) is 0 Å². The minimum Gasteiger partial charge on any atom is -0.503 e. The molecule has 5 aromatic carbocycles. The Hall–Kier alpha value is -5.25. The minimum atomic E-state index is 0. The van der Waals surface area contributed by atoms with Crippen LogP contribution in [0.4, 0.5) is 0 Å². The normalized spacial score (nSPS) is 11.1. The molecule has 0 N–H and O–H groups in total. The van der Waals surface area contributed by atoms with Crippen molar-refractivity contribution >= 4 is 21.8 Å². The largest absolute Gasteiger partial charge is 2.00 e. The van der Waals surface area contributed by atoms with Gasteiger partial charge in [0.15, 0.2) is 0 Å². The van der Waals surface area contributed by atoms with Gasteiger partial charge in [-0.25, -0.2) is 4.98 Å². The Kier molecular flexibility index (Phi) is 7.86. The predicted molar refractivity (Wildman–Crippen MR) is 180 cm³/mol. The Balaban J connectivity index is 0.00000338. The van der Waals surface area contributed by atoms with Crippen LogP contribution in [0.15, 0.2) is 134 Å². The van der Waals surface area contributed by atoms with E-state index in [0.29, 0.717) is 11.5 Å². The van der Waals surface area contributed by atoms with E-state index in [1.165, 1.54) is 16.7 Å². The van der Waals surface area contributed by atoms with Crippen LogP contribution >= 0.6 is 0 Å². The van der Waals surface area contributed by atoms with Gasteiger partial charge in [0.1, 0.15) is 5.82 Å². The summed E-state index contributed by atoms with van der Waals surface area (Å²) in [6, 6.07) is 48.0. The Morgan fingerprint density at radius 2 is 1.35 bits per heavy atom. The van der Waals surface area contributed by atoms with Crippen LogP contribution in [0.1, 0.15) is 11.1 Å². The van der Waals surface area contributed by atoms with E-state index in [0.717, 1.165) is 50.4 Å². The Labute approximate surface area is 282 Å². The molecule has 0 spiro atoms. The first-order chi connectivity index (χ1) is 22.2. The second kappa shape index (κ2) is 12.3. The molecule has 0 aliphatic carbocycles. The third-order valence-corrected chi connectivity index (χ3v) is 8.18. The number of pyridine rings is 1. The average Bonchev–Trinajstić information content (AvgIpc) is 3.65. The van der Waals surface area contributed by atoms with Crippen molar-refractivity contribution in [3.05, 3.63) is 157 Å². The number of rotatable bonds is 6. The summed E-state index contributed by atoms with van der Waals surface area (Å²) in [6.07, 6.45) is 3.76. The molecule has 0 radical (unpaired) electrons. The van der Waals surface area contributed by atoms with Gasteiger partial charge in [0.05, 0.1) is 11.5 Å². The van der Waals surface area contributed by atoms with Gasteiger partial charge in [0.25, 0.3) is 0 Å². The summed E-state index contributed by atoms with van der Waals surface area (Å²) >= 11 is 0. The Morgan fingerprint density at radius 1 is 0.609 bits per heavy atom. The van der Waals surface area contributed by atoms with Crippen molar-refractivity contribution in [1.29, 1.82) is 0 Å². The van der Waals surface area contributed by atoms with Crippen LogP contribution < -0.4 is 4.74 Å². The molecule has 224 valence electrons. The number of hydrogen-bond donors (Lipinski definition) is 0. The summed E-state index contributed by atoms with van der Waals surface area (Å²) < 4.78 is 10.8. The van der Waals surface area contributed by atoms with Crippen molar-refractivity contribution in [2.75, 3.05) is 0 Å². The number of aryl methyl sites for hydroxylation is 2. The molecule has 0 fully saturated rings. The van der Waals surface area contributed by atoms with E-state index < -0.39 is 0 Å². The Bertz CT molecular complexity index is 2300. The van der Waals surface area contributed by atoms with Crippen LogP contribution in [0, 0.1) is 26.0 Å². The molecule has 8 rings (SSSR count). The van der Waals surface area contributed by atoms with Gasteiger partial charge in [0, 0.05) is 40.7 Å². The van der Waals surface area contributed by atoms with E-state index in [9.17, 15) is 0 Å². The molecule has 3 aromatic heterocycles. The number of hydrogen-bond acceptors (Lipinski definition) is 3. The number of aromatic nitrogens is 4. The minimum absolute atomic E-state index is 0. The number of imidazole rings is 1. The SMILES string of the molecule is Cc1cccc(C)c1-c1cnc(-c2[c-]c(Oc3[c-]c4c(cc3)c3ccccc3n4-c3ccccn3)ccc2)n1-c1ccccc1.[Pt+2]. The quantitative estimate of drug-likeness (QED) is 0.158.